The maximum atomic E-state index is 13.3. The molecule has 1 atom stereocenters. The summed E-state index contributed by atoms with van der Waals surface area (Å²) >= 11 is 0. The fourth-order valence-electron chi connectivity index (χ4n) is 3.89. The van der Waals surface area contributed by atoms with Crippen LogP contribution in [0.4, 0.5) is 0 Å². The van der Waals surface area contributed by atoms with Crippen molar-refractivity contribution in [2.24, 2.45) is 5.92 Å². The average molecular weight is 399 g/mol. The van der Waals surface area contributed by atoms with Gasteiger partial charge in [0.2, 0.25) is 0 Å². The summed E-state index contributed by atoms with van der Waals surface area (Å²) in [7, 11) is 1.47. The molecule has 2 heterocycles. The molecule has 0 amide bonds. The number of hydrogen-bond donors (Lipinski definition) is 1. The molecule has 1 fully saturated rings. The highest BCUT2D eigenvalue weighted by Crippen LogP contribution is 2.50. The zero-order valence-electron chi connectivity index (χ0n) is 17.0. The van der Waals surface area contributed by atoms with Crippen molar-refractivity contribution in [1.29, 1.82) is 0 Å². The largest absolute Gasteiger partial charge is 0.504 e. The third-order valence-electron chi connectivity index (χ3n) is 5.37. The van der Waals surface area contributed by atoms with Crippen molar-refractivity contribution in [3.63, 3.8) is 0 Å². The third kappa shape index (κ3) is 3.14. The SMILES string of the molecule is CCOC(=O)c1cc2c(n(C3CC3)c1=O)-c1cc(OC)c(O)cc1OC2C(C)C. The monoisotopic (exact) mass is 399 g/mol. The molecule has 1 saturated carbocycles. The number of methoxy groups -OCH3 is 1. The average Bonchev–Trinajstić information content (AvgIpc) is 3.51. The number of hydrogen-bond acceptors (Lipinski definition) is 6. The summed E-state index contributed by atoms with van der Waals surface area (Å²) in [5.74, 6) is 0.219. The lowest BCUT2D eigenvalue weighted by molar-refractivity contribution is 0.0522. The third-order valence-corrected chi connectivity index (χ3v) is 5.37. The van der Waals surface area contributed by atoms with E-state index in [4.69, 9.17) is 14.2 Å². The van der Waals surface area contributed by atoms with Gasteiger partial charge in [-0.3, -0.25) is 4.79 Å². The number of esters is 1. The molecule has 4 rings (SSSR count). The number of ether oxygens (including phenoxy) is 3. The van der Waals surface area contributed by atoms with Crippen molar-refractivity contribution in [3.8, 4) is 28.5 Å². The van der Waals surface area contributed by atoms with Crippen molar-refractivity contribution in [1.82, 2.24) is 4.57 Å². The van der Waals surface area contributed by atoms with Gasteiger partial charge >= 0.3 is 5.97 Å². The Bertz CT molecular complexity index is 1030. The molecule has 2 aromatic rings. The van der Waals surface area contributed by atoms with E-state index in [1.807, 2.05) is 13.8 Å². The zero-order valence-corrected chi connectivity index (χ0v) is 17.0. The van der Waals surface area contributed by atoms with Crippen molar-refractivity contribution >= 4 is 5.97 Å². The number of pyridine rings is 1. The molecule has 154 valence electrons. The molecule has 0 spiro atoms. The smallest absolute Gasteiger partial charge is 0.343 e. The number of phenolic OH excluding ortho intramolecular Hbond substituents is 1. The van der Waals surface area contributed by atoms with Crippen LogP contribution >= 0.6 is 0 Å². The van der Waals surface area contributed by atoms with Crippen LogP contribution in [-0.2, 0) is 4.74 Å². The molecular formula is C22H25NO6. The lowest BCUT2D eigenvalue weighted by Crippen LogP contribution is -2.32. The Balaban J connectivity index is 2.05. The topological polar surface area (TPSA) is 87.0 Å². The number of fused-ring (bicyclic) bond motifs is 3. The zero-order chi connectivity index (χ0) is 20.9. The molecule has 0 saturated heterocycles. The van der Waals surface area contributed by atoms with Gasteiger partial charge in [-0.25, -0.2) is 4.79 Å². The van der Waals surface area contributed by atoms with Crippen LogP contribution in [0.15, 0.2) is 23.0 Å². The maximum Gasteiger partial charge on any atom is 0.343 e. The van der Waals surface area contributed by atoms with Crippen LogP contribution in [0, 0.1) is 5.92 Å². The quantitative estimate of drug-likeness (QED) is 0.769. The summed E-state index contributed by atoms with van der Waals surface area (Å²) in [6, 6.07) is 4.85. The minimum absolute atomic E-state index is 0.0272. The van der Waals surface area contributed by atoms with Crippen LogP contribution in [0.1, 0.15) is 61.7 Å². The first-order valence-corrected chi connectivity index (χ1v) is 9.91. The molecule has 1 aromatic heterocycles. The second kappa shape index (κ2) is 7.13. The normalized spacial score (nSPS) is 17.3. The molecule has 0 radical (unpaired) electrons. The van der Waals surface area contributed by atoms with Crippen LogP contribution in [0.3, 0.4) is 0 Å². The highest BCUT2D eigenvalue weighted by Gasteiger charge is 2.38. The van der Waals surface area contributed by atoms with Gasteiger partial charge < -0.3 is 23.9 Å². The minimum atomic E-state index is -0.619. The Hall–Kier alpha value is -2.96. The summed E-state index contributed by atoms with van der Waals surface area (Å²) in [4.78, 5) is 25.8. The van der Waals surface area contributed by atoms with E-state index in [2.05, 4.69) is 0 Å². The van der Waals surface area contributed by atoms with Gasteiger partial charge in [-0.1, -0.05) is 13.8 Å². The van der Waals surface area contributed by atoms with Crippen molar-refractivity contribution in [2.45, 2.75) is 45.8 Å². The summed E-state index contributed by atoms with van der Waals surface area (Å²) in [6.45, 7) is 5.94. The lowest BCUT2D eigenvalue weighted by Gasteiger charge is -2.33. The predicted octanol–water partition coefficient (Wildman–Crippen LogP) is 3.83. The van der Waals surface area contributed by atoms with E-state index in [0.717, 1.165) is 24.1 Å². The van der Waals surface area contributed by atoms with Gasteiger partial charge in [0, 0.05) is 23.2 Å². The maximum absolute atomic E-state index is 13.3. The molecule has 7 nitrogen and oxygen atoms in total. The van der Waals surface area contributed by atoms with Crippen LogP contribution in [-0.4, -0.2) is 29.4 Å². The number of carbonyl (C=O) groups excluding carboxylic acids is 1. The van der Waals surface area contributed by atoms with Gasteiger partial charge in [0.1, 0.15) is 17.4 Å². The molecule has 7 heteroatoms. The van der Waals surface area contributed by atoms with E-state index in [1.54, 1.807) is 23.6 Å². The van der Waals surface area contributed by atoms with Gasteiger partial charge in [0.05, 0.1) is 19.4 Å². The highest BCUT2D eigenvalue weighted by atomic mass is 16.5. The van der Waals surface area contributed by atoms with E-state index in [-0.39, 0.29) is 41.5 Å². The van der Waals surface area contributed by atoms with Crippen molar-refractivity contribution in [2.75, 3.05) is 13.7 Å². The Labute approximate surface area is 168 Å². The van der Waals surface area contributed by atoms with E-state index < -0.39 is 5.97 Å². The van der Waals surface area contributed by atoms with Gasteiger partial charge in [-0.15, -0.1) is 0 Å². The van der Waals surface area contributed by atoms with Gasteiger partial charge in [0.15, 0.2) is 11.5 Å². The number of aromatic nitrogens is 1. The number of phenols is 1. The van der Waals surface area contributed by atoms with Crippen molar-refractivity contribution in [3.05, 3.63) is 39.7 Å². The van der Waals surface area contributed by atoms with Crippen LogP contribution in [0.25, 0.3) is 11.3 Å². The molecular weight excluding hydrogens is 374 g/mol. The van der Waals surface area contributed by atoms with Gasteiger partial charge in [-0.05, 0) is 37.8 Å². The molecule has 2 aliphatic rings. The Morgan fingerprint density at radius 1 is 1.31 bits per heavy atom. The lowest BCUT2D eigenvalue weighted by atomic mass is 9.89. The second-order valence-electron chi connectivity index (χ2n) is 7.79. The van der Waals surface area contributed by atoms with E-state index >= 15 is 0 Å². The summed E-state index contributed by atoms with van der Waals surface area (Å²) in [5, 5.41) is 10.2. The number of rotatable bonds is 5. The molecule has 1 N–H and O–H groups in total. The van der Waals surface area contributed by atoms with Crippen LogP contribution < -0.4 is 15.0 Å². The Morgan fingerprint density at radius 3 is 2.62 bits per heavy atom. The number of benzene rings is 1. The number of nitrogens with zero attached hydrogens (tertiary/aromatic N) is 1. The van der Waals surface area contributed by atoms with E-state index in [1.165, 1.54) is 13.2 Å². The summed E-state index contributed by atoms with van der Waals surface area (Å²) in [6.07, 6.45) is 1.37. The predicted molar refractivity (Wildman–Crippen MR) is 107 cm³/mol. The molecule has 1 aliphatic heterocycles. The fraction of sp³-hybridized carbons (Fsp3) is 0.455. The minimum Gasteiger partial charge on any atom is -0.504 e. The summed E-state index contributed by atoms with van der Waals surface area (Å²) < 4.78 is 18.3. The van der Waals surface area contributed by atoms with Crippen LogP contribution in [0.5, 0.6) is 17.2 Å². The first kappa shape index (κ1) is 19.4. The molecule has 1 aliphatic carbocycles. The molecule has 1 unspecified atom stereocenters. The van der Waals surface area contributed by atoms with Gasteiger partial charge in [0.25, 0.3) is 5.56 Å². The highest BCUT2D eigenvalue weighted by molar-refractivity contribution is 5.90. The standard InChI is InChI=1S/C22H25NO6/c1-5-28-22(26)15-8-14-19(23(21(15)25)12-6-7-12)13-9-18(27-4)16(24)10-17(13)29-20(14)11(2)3/h8-12,20,24H,5-7H2,1-4H3. The first-order chi connectivity index (χ1) is 13.9. The van der Waals surface area contributed by atoms with Crippen molar-refractivity contribution < 1.29 is 24.1 Å². The Morgan fingerprint density at radius 2 is 2.03 bits per heavy atom. The second-order valence-corrected chi connectivity index (χ2v) is 7.79. The molecule has 29 heavy (non-hydrogen) atoms. The first-order valence-electron chi connectivity index (χ1n) is 9.91. The summed E-state index contributed by atoms with van der Waals surface area (Å²) in [5.41, 5.74) is 1.84. The fourth-order valence-corrected chi connectivity index (χ4v) is 3.89. The molecule has 0 bridgehead atoms. The number of carbonyl (C=O) groups is 1. The van der Waals surface area contributed by atoms with E-state index in [0.29, 0.717) is 17.1 Å². The Kier molecular flexibility index (Phi) is 4.76. The van der Waals surface area contributed by atoms with Gasteiger partial charge in [-0.2, -0.15) is 0 Å². The van der Waals surface area contributed by atoms with E-state index in [9.17, 15) is 14.7 Å². The van der Waals surface area contributed by atoms with Crippen LogP contribution in [0.2, 0.25) is 0 Å². The number of aromatic hydroxyl groups is 1. The molecule has 1 aromatic carbocycles.